The van der Waals surface area contributed by atoms with Crippen LogP contribution in [0.1, 0.15) is 19.4 Å². The number of hydrogen-bond acceptors (Lipinski definition) is 2. The molecule has 0 atom stereocenters. The van der Waals surface area contributed by atoms with Crippen LogP contribution in [0.15, 0.2) is 34.5 Å². The van der Waals surface area contributed by atoms with Crippen molar-refractivity contribution in [1.82, 2.24) is 0 Å². The van der Waals surface area contributed by atoms with Crippen LogP contribution in [0.3, 0.4) is 0 Å². The second-order valence-corrected chi connectivity index (χ2v) is 4.27. The second-order valence-electron chi connectivity index (χ2n) is 3.83. The van der Waals surface area contributed by atoms with E-state index >= 15 is 0 Å². The normalized spacial score (nSPS) is 15.9. The van der Waals surface area contributed by atoms with Gasteiger partial charge in [-0.1, -0.05) is 17.7 Å². The number of nitrogens with zero attached hydrogens (tertiary/aromatic N) is 1. The molecule has 1 aliphatic heterocycles. The SMILES string of the molecule is CC=NC1=C(C)COc2cc(Cl)ccc2C1. The summed E-state index contributed by atoms with van der Waals surface area (Å²) in [6, 6.07) is 5.75. The van der Waals surface area contributed by atoms with Gasteiger partial charge in [0.15, 0.2) is 0 Å². The van der Waals surface area contributed by atoms with Crippen molar-refractivity contribution >= 4 is 17.8 Å². The average Bonchev–Trinajstić information content (AvgIpc) is 2.41. The molecule has 0 amide bonds. The lowest BCUT2D eigenvalue weighted by Gasteiger charge is -2.06. The predicted molar refractivity (Wildman–Crippen MR) is 67.5 cm³/mol. The summed E-state index contributed by atoms with van der Waals surface area (Å²) in [6.45, 7) is 4.56. The van der Waals surface area contributed by atoms with Crippen molar-refractivity contribution in [2.45, 2.75) is 20.3 Å². The van der Waals surface area contributed by atoms with Crippen LogP contribution < -0.4 is 4.74 Å². The van der Waals surface area contributed by atoms with Gasteiger partial charge in [-0.2, -0.15) is 0 Å². The Hall–Kier alpha value is -1.28. The number of fused-ring (bicyclic) bond motifs is 1. The number of halogens is 1. The summed E-state index contributed by atoms with van der Waals surface area (Å²) in [7, 11) is 0. The number of rotatable bonds is 1. The van der Waals surface area contributed by atoms with Crippen molar-refractivity contribution in [3.05, 3.63) is 40.1 Å². The van der Waals surface area contributed by atoms with Gasteiger partial charge in [0.05, 0.1) is 0 Å². The minimum absolute atomic E-state index is 0.583. The lowest BCUT2D eigenvalue weighted by Crippen LogP contribution is -1.98. The van der Waals surface area contributed by atoms with Gasteiger partial charge in [-0.25, -0.2) is 0 Å². The van der Waals surface area contributed by atoms with E-state index in [1.165, 1.54) is 5.57 Å². The standard InChI is InChI=1S/C13H14ClNO/c1-3-15-12-6-10-4-5-11(14)7-13(10)16-8-9(12)2/h3-5,7H,6,8H2,1-2H3. The van der Waals surface area contributed by atoms with Crippen molar-refractivity contribution in [2.75, 3.05) is 6.61 Å². The van der Waals surface area contributed by atoms with Crippen molar-refractivity contribution in [1.29, 1.82) is 0 Å². The summed E-state index contributed by atoms with van der Waals surface area (Å²) in [5.74, 6) is 0.869. The molecule has 1 aliphatic rings. The molecule has 0 saturated carbocycles. The Balaban J connectivity index is 2.38. The molecule has 1 aromatic rings. The maximum atomic E-state index is 5.94. The molecule has 0 unspecified atom stereocenters. The predicted octanol–water partition coefficient (Wildman–Crippen LogP) is 3.64. The fraction of sp³-hybridized carbons (Fsp3) is 0.308. The number of allylic oxidation sites excluding steroid dienone is 1. The Morgan fingerprint density at radius 3 is 3.00 bits per heavy atom. The monoisotopic (exact) mass is 235 g/mol. The van der Waals surface area contributed by atoms with Gasteiger partial charge >= 0.3 is 0 Å². The molecule has 0 N–H and O–H groups in total. The van der Waals surface area contributed by atoms with E-state index in [1.807, 2.05) is 31.3 Å². The maximum Gasteiger partial charge on any atom is 0.124 e. The van der Waals surface area contributed by atoms with Gasteiger partial charge in [-0.15, -0.1) is 0 Å². The molecule has 1 heterocycles. The highest BCUT2D eigenvalue weighted by atomic mass is 35.5. The van der Waals surface area contributed by atoms with Gasteiger partial charge < -0.3 is 4.74 Å². The molecule has 0 fully saturated rings. The molecule has 16 heavy (non-hydrogen) atoms. The zero-order chi connectivity index (χ0) is 11.5. The summed E-state index contributed by atoms with van der Waals surface area (Å²) in [4.78, 5) is 4.39. The summed E-state index contributed by atoms with van der Waals surface area (Å²) in [5.41, 5.74) is 3.40. The van der Waals surface area contributed by atoms with Gasteiger partial charge in [0, 0.05) is 28.9 Å². The molecule has 2 nitrogen and oxygen atoms in total. The van der Waals surface area contributed by atoms with Crippen molar-refractivity contribution < 1.29 is 4.74 Å². The third-order valence-electron chi connectivity index (χ3n) is 2.61. The molecular weight excluding hydrogens is 222 g/mol. The van der Waals surface area contributed by atoms with E-state index < -0.39 is 0 Å². The van der Waals surface area contributed by atoms with E-state index in [9.17, 15) is 0 Å². The number of ether oxygens (including phenoxy) is 1. The first kappa shape index (κ1) is 11.2. The molecule has 0 bridgehead atoms. The zero-order valence-electron chi connectivity index (χ0n) is 9.46. The second kappa shape index (κ2) is 4.71. The molecule has 0 saturated heterocycles. The van der Waals surface area contributed by atoms with E-state index in [0.29, 0.717) is 11.6 Å². The molecule has 0 spiro atoms. The lowest BCUT2D eigenvalue weighted by atomic mass is 10.1. The van der Waals surface area contributed by atoms with E-state index in [1.54, 1.807) is 0 Å². The first-order valence-electron chi connectivity index (χ1n) is 5.29. The van der Waals surface area contributed by atoms with E-state index in [4.69, 9.17) is 16.3 Å². The van der Waals surface area contributed by atoms with Crippen molar-refractivity contribution in [3.8, 4) is 5.75 Å². The van der Waals surface area contributed by atoms with Crippen molar-refractivity contribution in [3.63, 3.8) is 0 Å². The minimum atomic E-state index is 0.583. The van der Waals surface area contributed by atoms with Gasteiger partial charge in [-0.05, 0) is 31.6 Å². The Morgan fingerprint density at radius 2 is 2.25 bits per heavy atom. The third-order valence-corrected chi connectivity index (χ3v) is 2.84. The molecule has 3 heteroatoms. The Kier molecular flexibility index (Phi) is 3.30. The Bertz CT molecular complexity index is 463. The smallest absolute Gasteiger partial charge is 0.124 e. The highest BCUT2D eigenvalue weighted by Gasteiger charge is 2.13. The third kappa shape index (κ3) is 2.27. The molecule has 0 aromatic heterocycles. The Labute approximate surface area is 101 Å². The number of aliphatic imine (C=N–C) groups is 1. The lowest BCUT2D eigenvalue weighted by molar-refractivity contribution is 0.352. The summed E-state index contributed by atoms with van der Waals surface area (Å²) >= 11 is 5.94. The first-order valence-corrected chi connectivity index (χ1v) is 5.67. The van der Waals surface area contributed by atoms with Gasteiger partial charge in [-0.3, -0.25) is 4.99 Å². The molecule has 0 aliphatic carbocycles. The maximum absolute atomic E-state index is 5.94. The molecule has 2 rings (SSSR count). The fourth-order valence-corrected chi connectivity index (χ4v) is 1.88. The average molecular weight is 236 g/mol. The molecule has 84 valence electrons. The van der Waals surface area contributed by atoms with Gasteiger partial charge in [0.1, 0.15) is 12.4 Å². The first-order chi connectivity index (χ1) is 7.70. The number of hydrogen-bond donors (Lipinski definition) is 0. The van der Waals surface area contributed by atoms with E-state index in [-0.39, 0.29) is 0 Å². The summed E-state index contributed by atoms with van der Waals surface area (Å²) < 4.78 is 5.70. The van der Waals surface area contributed by atoms with Crippen LogP contribution in [0.5, 0.6) is 5.75 Å². The fourth-order valence-electron chi connectivity index (χ4n) is 1.72. The minimum Gasteiger partial charge on any atom is -0.489 e. The molecule has 1 aromatic carbocycles. The van der Waals surface area contributed by atoms with Crippen LogP contribution in [0, 0.1) is 0 Å². The van der Waals surface area contributed by atoms with Crippen LogP contribution in [0.4, 0.5) is 0 Å². The van der Waals surface area contributed by atoms with Crippen molar-refractivity contribution in [2.24, 2.45) is 4.99 Å². The van der Waals surface area contributed by atoms with Crippen LogP contribution in [0.2, 0.25) is 5.02 Å². The topological polar surface area (TPSA) is 21.6 Å². The molecule has 0 radical (unpaired) electrons. The van der Waals surface area contributed by atoms with Crippen LogP contribution in [-0.2, 0) is 6.42 Å². The number of benzene rings is 1. The summed E-state index contributed by atoms with van der Waals surface area (Å²) in [5, 5.41) is 0.707. The van der Waals surface area contributed by atoms with Crippen LogP contribution in [0.25, 0.3) is 0 Å². The Morgan fingerprint density at radius 1 is 1.44 bits per heavy atom. The highest BCUT2D eigenvalue weighted by molar-refractivity contribution is 6.30. The quantitative estimate of drug-likeness (QED) is 0.681. The van der Waals surface area contributed by atoms with Crippen LogP contribution in [-0.4, -0.2) is 12.8 Å². The van der Waals surface area contributed by atoms with Crippen LogP contribution >= 0.6 is 11.6 Å². The van der Waals surface area contributed by atoms with Gasteiger partial charge in [0.25, 0.3) is 0 Å². The highest BCUT2D eigenvalue weighted by Crippen LogP contribution is 2.29. The largest absolute Gasteiger partial charge is 0.489 e. The van der Waals surface area contributed by atoms with Gasteiger partial charge in [0.2, 0.25) is 0 Å². The molecular formula is C13H14ClNO. The summed E-state index contributed by atoms with van der Waals surface area (Å²) in [6.07, 6.45) is 2.63. The zero-order valence-corrected chi connectivity index (χ0v) is 10.2. The van der Waals surface area contributed by atoms with E-state index in [0.717, 1.165) is 23.4 Å². The van der Waals surface area contributed by atoms with E-state index in [2.05, 4.69) is 11.9 Å².